The predicted octanol–water partition coefficient (Wildman–Crippen LogP) is 6.67. The van der Waals surface area contributed by atoms with E-state index in [9.17, 15) is 22.8 Å². The van der Waals surface area contributed by atoms with Crippen LogP contribution >= 0.6 is 0 Å². The van der Waals surface area contributed by atoms with Crippen molar-refractivity contribution in [3.63, 3.8) is 0 Å². The molecule has 1 aliphatic heterocycles. The van der Waals surface area contributed by atoms with Gasteiger partial charge >= 0.3 is 12.2 Å². The van der Waals surface area contributed by atoms with Gasteiger partial charge in [0.25, 0.3) is 0 Å². The molecule has 1 atom stereocenters. The number of alkyl halides is 3. The van der Waals surface area contributed by atoms with E-state index in [1.807, 2.05) is 37.3 Å². The lowest BCUT2D eigenvalue weighted by molar-refractivity contribution is -0.137. The molecule has 3 amide bonds. The topological polar surface area (TPSA) is 52.7 Å². The van der Waals surface area contributed by atoms with Crippen molar-refractivity contribution in [3.05, 3.63) is 95.6 Å². The van der Waals surface area contributed by atoms with Gasteiger partial charge in [0.05, 0.1) is 11.5 Å². The van der Waals surface area contributed by atoms with Crippen molar-refractivity contribution in [2.24, 2.45) is 0 Å². The summed E-state index contributed by atoms with van der Waals surface area (Å²) < 4.78 is 39.2. The van der Waals surface area contributed by atoms with E-state index in [0.717, 1.165) is 17.7 Å². The summed E-state index contributed by atoms with van der Waals surface area (Å²) in [5.41, 5.74) is 1.96. The van der Waals surface area contributed by atoms with Crippen LogP contribution in [0.2, 0.25) is 0 Å². The Labute approximate surface area is 208 Å². The van der Waals surface area contributed by atoms with Gasteiger partial charge in [-0.2, -0.15) is 13.2 Å². The number of hydrogen-bond acceptors (Lipinski definition) is 2. The highest BCUT2D eigenvalue weighted by Gasteiger charge is 2.31. The third-order valence-electron chi connectivity index (χ3n) is 6.31. The number of urea groups is 1. The summed E-state index contributed by atoms with van der Waals surface area (Å²) in [6.45, 7) is 3.05. The fourth-order valence-corrected chi connectivity index (χ4v) is 4.45. The summed E-state index contributed by atoms with van der Waals surface area (Å²) >= 11 is 0. The lowest BCUT2D eigenvalue weighted by atomic mass is 9.95. The Kier molecular flexibility index (Phi) is 7.62. The van der Waals surface area contributed by atoms with Crippen LogP contribution in [0.5, 0.6) is 0 Å². The molecule has 1 saturated heterocycles. The highest BCUT2D eigenvalue weighted by molar-refractivity contribution is 5.97. The summed E-state index contributed by atoms with van der Waals surface area (Å²) in [7, 11) is 0. The summed E-state index contributed by atoms with van der Waals surface area (Å²) in [5, 5.41) is 2.95. The monoisotopic (exact) mass is 495 g/mol. The molecule has 1 heterocycles. The highest BCUT2D eigenvalue weighted by atomic mass is 19.4. The smallest absolute Gasteiger partial charge is 0.326 e. The van der Waals surface area contributed by atoms with Crippen LogP contribution in [0.3, 0.4) is 0 Å². The van der Waals surface area contributed by atoms with E-state index in [0.29, 0.717) is 42.9 Å². The van der Waals surface area contributed by atoms with E-state index >= 15 is 0 Å². The second-order valence-corrected chi connectivity index (χ2v) is 8.82. The van der Waals surface area contributed by atoms with Crippen molar-refractivity contribution in [2.45, 2.75) is 38.4 Å². The first-order valence-corrected chi connectivity index (χ1v) is 11.9. The van der Waals surface area contributed by atoms with Gasteiger partial charge in [-0.25, -0.2) is 4.79 Å². The van der Waals surface area contributed by atoms with Crippen molar-refractivity contribution < 1.29 is 22.8 Å². The number of amides is 3. The number of rotatable bonds is 7. The fourth-order valence-electron chi connectivity index (χ4n) is 4.45. The molecule has 0 spiro atoms. The number of hydrogen-bond donors (Lipinski definition) is 1. The van der Waals surface area contributed by atoms with Gasteiger partial charge in [-0.3, -0.25) is 9.69 Å². The van der Waals surface area contributed by atoms with E-state index in [1.165, 1.54) is 6.07 Å². The number of anilines is 2. The zero-order valence-corrected chi connectivity index (χ0v) is 20.0. The number of benzene rings is 3. The second kappa shape index (κ2) is 10.8. The van der Waals surface area contributed by atoms with Gasteiger partial charge in [-0.15, -0.1) is 0 Å². The average Bonchev–Trinajstić information content (AvgIpc) is 2.87. The molecule has 0 aromatic heterocycles. The molecule has 1 N–H and O–H groups in total. The van der Waals surface area contributed by atoms with Crippen LogP contribution in [0.4, 0.5) is 29.3 Å². The molecular weight excluding hydrogens is 467 g/mol. The summed E-state index contributed by atoms with van der Waals surface area (Å²) in [4.78, 5) is 29.1. The molecule has 4 rings (SSSR count). The summed E-state index contributed by atoms with van der Waals surface area (Å²) in [6.07, 6.45) is -3.07. The van der Waals surface area contributed by atoms with Gasteiger partial charge in [-0.05, 0) is 60.4 Å². The van der Waals surface area contributed by atoms with E-state index in [4.69, 9.17) is 0 Å². The maximum absolute atomic E-state index is 13.1. The third kappa shape index (κ3) is 5.87. The first-order valence-electron chi connectivity index (χ1n) is 11.9. The number of carbonyl (C=O) groups excluding carboxylic acids is 2. The minimum Gasteiger partial charge on any atom is -0.326 e. The lowest BCUT2D eigenvalue weighted by Gasteiger charge is -2.36. The zero-order valence-electron chi connectivity index (χ0n) is 20.0. The SMILES string of the molecule is CCC(C(=O)Nc1ccc(N2CCCN(Cc3cccc(C(F)(F)F)c3)C2=O)cc1)c1ccccc1. The van der Waals surface area contributed by atoms with Gasteiger partial charge in [0.2, 0.25) is 5.91 Å². The predicted molar refractivity (Wildman–Crippen MR) is 134 cm³/mol. The molecule has 1 unspecified atom stereocenters. The third-order valence-corrected chi connectivity index (χ3v) is 6.31. The number of nitrogens with zero attached hydrogens (tertiary/aromatic N) is 2. The molecule has 0 saturated carbocycles. The molecule has 36 heavy (non-hydrogen) atoms. The molecule has 5 nitrogen and oxygen atoms in total. The van der Waals surface area contributed by atoms with Crippen LogP contribution in [-0.2, 0) is 17.5 Å². The first kappa shape index (κ1) is 25.3. The summed E-state index contributed by atoms with van der Waals surface area (Å²) in [5.74, 6) is -0.364. The Morgan fingerprint density at radius 1 is 0.972 bits per heavy atom. The normalized spacial score (nSPS) is 15.1. The van der Waals surface area contributed by atoms with Crippen LogP contribution < -0.4 is 10.2 Å². The van der Waals surface area contributed by atoms with Crippen LogP contribution in [0.15, 0.2) is 78.9 Å². The minimum atomic E-state index is -4.43. The minimum absolute atomic E-state index is 0.0993. The first-order chi connectivity index (χ1) is 17.3. The largest absolute Gasteiger partial charge is 0.416 e. The van der Waals surface area contributed by atoms with Gasteiger partial charge in [0, 0.05) is 31.0 Å². The standard InChI is InChI=1S/C28H28F3N3O2/c1-2-25(21-9-4-3-5-10-21)26(35)32-23-12-14-24(15-13-23)34-17-7-16-33(27(34)36)19-20-8-6-11-22(18-20)28(29,30)31/h3-6,8-15,18,25H,2,7,16-17,19H2,1H3,(H,32,35). The van der Waals surface area contributed by atoms with Gasteiger partial charge in [-0.1, -0.05) is 49.4 Å². The van der Waals surface area contributed by atoms with Crippen molar-refractivity contribution >= 4 is 23.3 Å². The molecule has 0 radical (unpaired) electrons. The molecule has 3 aromatic rings. The van der Waals surface area contributed by atoms with Gasteiger partial charge in [0.15, 0.2) is 0 Å². The van der Waals surface area contributed by atoms with Crippen LogP contribution in [0, 0.1) is 0 Å². The van der Waals surface area contributed by atoms with Crippen molar-refractivity contribution in [3.8, 4) is 0 Å². The molecule has 0 bridgehead atoms. The van der Waals surface area contributed by atoms with Gasteiger partial charge in [0.1, 0.15) is 0 Å². The average molecular weight is 496 g/mol. The van der Waals surface area contributed by atoms with Crippen molar-refractivity contribution in [1.82, 2.24) is 4.90 Å². The van der Waals surface area contributed by atoms with E-state index in [2.05, 4.69) is 5.32 Å². The fraction of sp³-hybridized carbons (Fsp3) is 0.286. The molecule has 8 heteroatoms. The Morgan fingerprint density at radius 2 is 1.69 bits per heavy atom. The molecule has 1 aliphatic rings. The Bertz CT molecular complexity index is 1200. The maximum atomic E-state index is 13.1. The molecule has 3 aromatic carbocycles. The maximum Gasteiger partial charge on any atom is 0.416 e. The van der Waals surface area contributed by atoms with Crippen molar-refractivity contribution in [1.29, 1.82) is 0 Å². The Morgan fingerprint density at radius 3 is 2.36 bits per heavy atom. The van der Waals surface area contributed by atoms with Crippen molar-refractivity contribution in [2.75, 3.05) is 23.3 Å². The Hall–Kier alpha value is -3.81. The molecular formula is C28H28F3N3O2. The molecule has 1 fully saturated rings. The van der Waals surface area contributed by atoms with E-state index < -0.39 is 11.7 Å². The number of nitrogens with one attached hydrogen (secondary N) is 1. The van der Waals surface area contributed by atoms with E-state index in [1.54, 1.807) is 40.1 Å². The van der Waals surface area contributed by atoms with Crippen LogP contribution in [0.1, 0.15) is 42.4 Å². The molecule has 188 valence electrons. The number of carbonyl (C=O) groups is 2. The highest BCUT2D eigenvalue weighted by Crippen LogP contribution is 2.30. The zero-order chi connectivity index (χ0) is 25.7. The van der Waals surface area contributed by atoms with E-state index in [-0.39, 0.29) is 24.4 Å². The quantitative estimate of drug-likeness (QED) is 0.398. The molecule has 0 aliphatic carbocycles. The lowest BCUT2D eigenvalue weighted by Crippen LogP contribution is -2.49. The van der Waals surface area contributed by atoms with Gasteiger partial charge < -0.3 is 10.2 Å². The summed E-state index contributed by atoms with van der Waals surface area (Å²) in [6, 6.07) is 21.5. The van der Waals surface area contributed by atoms with Crippen LogP contribution in [-0.4, -0.2) is 29.9 Å². The second-order valence-electron chi connectivity index (χ2n) is 8.82. The Balaban J connectivity index is 1.42. The number of halogens is 3. The van der Waals surface area contributed by atoms with Crippen LogP contribution in [0.25, 0.3) is 0 Å².